The Morgan fingerprint density at radius 1 is 1.42 bits per heavy atom. The number of nitrogens with zero attached hydrogens (tertiary/aromatic N) is 3. The summed E-state index contributed by atoms with van der Waals surface area (Å²) in [5.74, 6) is 0.702. The first kappa shape index (κ1) is 13.1. The molecule has 2 aliphatic rings. The van der Waals surface area contributed by atoms with Crippen LogP contribution in [0, 0.1) is 5.92 Å². The van der Waals surface area contributed by atoms with E-state index in [4.69, 9.17) is 4.74 Å². The maximum Gasteiger partial charge on any atom is 0.0949 e. The van der Waals surface area contributed by atoms with E-state index in [0.29, 0.717) is 5.92 Å². The van der Waals surface area contributed by atoms with Crippen molar-refractivity contribution in [3.05, 3.63) is 17.7 Å². The SMILES string of the molecule is Cn1cnc2c1CC(CO)N(CC1CCOCC1)C2. The third-order valence-corrected chi connectivity index (χ3v) is 4.49. The van der Waals surface area contributed by atoms with E-state index in [1.54, 1.807) is 0 Å². The fraction of sp³-hybridized carbons (Fsp3) is 0.786. The van der Waals surface area contributed by atoms with Crippen LogP contribution in [0.3, 0.4) is 0 Å². The Morgan fingerprint density at radius 3 is 2.95 bits per heavy atom. The lowest BCUT2D eigenvalue weighted by Crippen LogP contribution is -2.46. The molecular weight excluding hydrogens is 242 g/mol. The number of aromatic nitrogens is 2. The third kappa shape index (κ3) is 2.68. The molecule has 3 heterocycles. The van der Waals surface area contributed by atoms with Gasteiger partial charge in [-0.15, -0.1) is 0 Å². The molecule has 2 aliphatic heterocycles. The Balaban J connectivity index is 1.70. The van der Waals surface area contributed by atoms with Gasteiger partial charge in [0.1, 0.15) is 0 Å². The summed E-state index contributed by atoms with van der Waals surface area (Å²) in [7, 11) is 2.04. The average molecular weight is 265 g/mol. The highest BCUT2D eigenvalue weighted by Crippen LogP contribution is 2.25. The van der Waals surface area contributed by atoms with Gasteiger partial charge in [0.2, 0.25) is 0 Å². The Kier molecular flexibility index (Phi) is 3.86. The van der Waals surface area contributed by atoms with E-state index in [-0.39, 0.29) is 12.6 Å². The predicted octanol–water partition coefficient (Wildman–Crippen LogP) is 0.566. The number of aryl methyl sites for hydroxylation is 1. The zero-order valence-corrected chi connectivity index (χ0v) is 11.6. The summed E-state index contributed by atoms with van der Waals surface area (Å²) < 4.78 is 7.51. The molecule has 0 amide bonds. The summed E-state index contributed by atoms with van der Waals surface area (Å²) in [6.45, 7) is 3.94. The van der Waals surface area contributed by atoms with Crippen molar-refractivity contribution in [3.63, 3.8) is 0 Å². The molecule has 0 spiro atoms. The Labute approximate surface area is 114 Å². The lowest BCUT2D eigenvalue weighted by atomic mass is 9.96. The number of aliphatic hydroxyl groups is 1. The first-order chi connectivity index (χ1) is 9.28. The van der Waals surface area contributed by atoms with Gasteiger partial charge in [-0.25, -0.2) is 4.98 Å². The van der Waals surface area contributed by atoms with E-state index in [1.807, 2.05) is 13.4 Å². The normalized spacial score (nSPS) is 25.5. The van der Waals surface area contributed by atoms with E-state index in [1.165, 1.54) is 11.4 Å². The molecule has 19 heavy (non-hydrogen) atoms. The molecule has 3 rings (SSSR count). The molecule has 0 aliphatic carbocycles. The number of aliphatic hydroxyl groups excluding tert-OH is 1. The van der Waals surface area contributed by atoms with Crippen molar-refractivity contribution in [3.8, 4) is 0 Å². The minimum absolute atomic E-state index is 0.230. The van der Waals surface area contributed by atoms with Crippen LogP contribution >= 0.6 is 0 Å². The van der Waals surface area contributed by atoms with Gasteiger partial charge in [-0.1, -0.05) is 0 Å². The lowest BCUT2D eigenvalue weighted by molar-refractivity contribution is 0.0308. The van der Waals surface area contributed by atoms with E-state index >= 15 is 0 Å². The van der Waals surface area contributed by atoms with E-state index in [9.17, 15) is 5.11 Å². The first-order valence-electron chi connectivity index (χ1n) is 7.19. The van der Waals surface area contributed by atoms with Crippen molar-refractivity contribution in [2.24, 2.45) is 13.0 Å². The van der Waals surface area contributed by atoms with E-state index in [0.717, 1.165) is 45.6 Å². The van der Waals surface area contributed by atoms with E-state index in [2.05, 4.69) is 14.5 Å². The van der Waals surface area contributed by atoms with Crippen LogP contribution in [0.5, 0.6) is 0 Å². The highest BCUT2D eigenvalue weighted by molar-refractivity contribution is 5.18. The number of hydrogen-bond acceptors (Lipinski definition) is 4. The smallest absolute Gasteiger partial charge is 0.0949 e. The molecule has 106 valence electrons. The van der Waals surface area contributed by atoms with Crippen LogP contribution in [-0.4, -0.2) is 52.0 Å². The number of imidazole rings is 1. The molecule has 0 aromatic carbocycles. The van der Waals surface area contributed by atoms with Gasteiger partial charge < -0.3 is 14.4 Å². The van der Waals surface area contributed by atoms with Crippen molar-refractivity contribution in [2.45, 2.75) is 31.8 Å². The summed E-state index contributed by atoms with van der Waals surface area (Å²) in [5.41, 5.74) is 2.46. The molecule has 1 N–H and O–H groups in total. The molecule has 0 saturated carbocycles. The third-order valence-electron chi connectivity index (χ3n) is 4.49. The zero-order chi connectivity index (χ0) is 13.2. The van der Waals surface area contributed by atoms with Crippen LogP contribution in [0.15, 0.2) is 6.33 Å². The second kappa shape index (κ2) is 5.61. The molecule has 1 unspecified atom stereocenters. The molecule has 1 fully saturated rings. The molecule has 0 bridgehead atoms. The molecule has 1 atom stereocenters. The maximum atomic E-state index is 9.65. The fourth-order valence-electron chi connectivity index (χ4n) is 3.23. The van der Waals surface area contributed by atoms with Crippen molar-refractivity contribution in [2.75, 3.05) is 26.4 Å². The number of rotatable bonds is 3. The second-order valence-corrected chi connectivity index (χ2v) is 5.77. The summed E-state index contributed by atoms with van der Waals surface area (Å²) in [4.78, 5) is 6.89. The molecular formula is C14H23N3O2. The second-order valence-electron chi connectivity index (χ2n) is 5.77. The Morgan fingerprint density at radius 2 is 2.21 bits per heavy atom. The van der Waals surface area contributed by atoms with Gasteiger partial charge >= 0.3 is 0 Å². The summed E-state index contributed by atoms with van der Waals surface area (Å²) in [6, 6.07) is 0.241. The van der Waals surface area contributed by atoms with Gasteiger partial charge in [-0.3, -0.25) is 4.90 Å². The standard InChI is InChI=1S/C14H23N3O2/c1-16-10-15-13-8-17(12(9-18)6-14(13)16)7-11-2-4-19-5-3-11/h10-12,18H,2-9H2,1H3. The van der Waals surface area contributed by atoms with Gasteiger partial charge in [0, 0.05) is 51.5 Å². The highest BCUT2D eigenvalue weighted by Gasteiger charge is 2.30. The van der Waals surface area contributed by atoms with E-state index < -0.39 is 0 Å². The minimum Gasteiger partial charge on any atom is -0.395 e. The van der Waals surface area contributed by atoms with Gasteiger partial charge in [0.05, 0.1) is 18.6 Å². The Hall–Kier alpha value is -0.910. The van der Waals surface area contributed by atoms with Crippen molar-refractivity contribution in [1.82, 2.24) is 14.5 Å². The maximum absolute atomic E-state index is 9.65. The molecule has 1 aromatic heterocycles. The van der Waals surface area contributed by atoms with Crippen molar-refractivity contribution in [1.29, 1.82) is 0 Å². The molecule has 1 saturated heterocycles. The predicted molar refractivity (Wildman–Crippen MR) is 71.7 cm³/mol. The molecule has 0 radical (unpaired) electrons. The average Bonchev–Trinajstić information content (AvgIpc) is 2.80. The fourth-order valence-corrected chi connectivity index (χ4v) is 3.23. The minimum atomic E-state index is 0.230. The van der Waals surface area contributed by atoms with Crippen molar-refractivity contribution < 1.29 is 9.84 Å². The van der Waals surface area contributed by atoms with Crippen LogP contribution < -0.4 is 0 Å². The summed E-state index contributed by atoms with van der Waals surface area (Å²) in [5, 5.41) is 9.65. The monoisotopic (exact) mass is 265 g/mol. The number of hydrogen-bond donors (Lipinski definition) is 1. The largest absolute Gasteiger partial charge is 0.395 e. The van der Waals surface area contributed by atoms with Crippen molar-refractivity contribution >= 4 is 0 Å². The quantitative estimate of drug-likeness (QED) is 0.868. The van der Waals surface area contributed by atoms with Crippen LogP contribution in [0.1, 0.15) is 24.2 Å². The van der Waals surface area contributed by atoms with Crippen LogP contribution in [0.25, 0.3) is 0 Å². The number of fused-ring (bicyclic) bond motifs is 1. The topological polar surface area (TPSA) is 50.5 Å². The molecule has 1 aromatic rings. The Bertz CT molecular complexity index is 426. The number of ether oxygens (including phenoxy) is 1. The van der Waals surface area contributed by atoms with Gasteiger partial charge in [-0.2, -0.15) is 0 Å². The van der Waals surface area contributed by atoms with Gasteiger partial charge in [-0.05, 0) is 18.8 Å². The molecule has 5 nitrogen and oxygen atoms in total. The van der Waals surface area contributed by atoms with Crippen LogP contribution in [0.4, 0.5) is 0 Å². The summed E-state index contributed by atoms with van der Waals surface area (Å²) in [6.07, 6.45) is 5.08. The first-order valence-corrected chi connectivity index (χ1v) is 7.19. The van der Waals surface area contributed by atoms with Crippen LogP contribution in [0.2, 0.25) is 0 Å². The zero-order valence-electron chi connectivity index (χ0n) is 11.6. The molecule has 5 heteroatoms. The van der Waals surface area contributed by atoms with Gasteiger partial charge in [0.25, 0.3) is 0 Å². The highest BCUT2D eigenvalue weighted by atomic mass is 16.5. The van der Waals surface area contributed by atoms with Crippen LogP contribution in [-0.2, 0) is 24.8 Å². The van der Waals surface area contributed by atoms with Gasteiger partial charge in [0.15, 0.2) is 0 Å². The summed E-state index contributed by atoms with van der Waals surface area (Å²) >= 11 is 0. The lowest BCUT2D eigenvalue weighted by Gasteiger charge is -2.37.